The number of hydrogen-bond acceptors (Lipinski definition) is 7. The number of anilines is 3. The number of carbonyl (C=O) groups is 2. The Labute approximate surface area is 181 Å². The smallest absolute Gasteiger partial charge is 0.437 e. The van der Waals surface area contributed by atoms with E-state index in [1.807, 2.05) is 4.90 Å². The molecular weight excluding hydrogens is 433 g/mol. The summed E-state index contributed by atoms with van der Waals surface area (Å²) < 4.78 is 45.3. The summed E-state index contributed by atoms with van der Waals surface area (Å²) in [5, 5.41) is 11.4. The van der Waals surface area contributed by atoms with Crippen molar-refractivity contribution in [2.24, 2.45) is 0 Å². The normalized spacial score (nSPS) is 14.4. The summed E-state index contributed by atoms with van der Waals surface area (Å²) in [6, 6.07) is 2.82. The summed E-state index contributed by atoms with van der Waals surface area (Å²) >= 11 is 0. The third-order valence-electron chi connectivity index (χ3n) is 5.00. The van der Waals surface area contributed by atoms with E-state index in [2.05, 4.69) is 15.3 Å². The van der Waals surface area contributed by atoms with E-state index in [-0.39, 0.29) is 11.7 Å². The predicted molar refractivity (Wildman–Crippen MR) is 109 cm³/mol. The second-order valence-electron chi connectivity index (χ2n) is 6.96. The van der Waals surface area contributed by atoms with Gasteiger partial charge in [0.1, 0.15) is 5.82 Å². The highest BCUT2D eigenvalue weighted by molar-refractivity contribution is 6.03. The molecule has 0 radical (unpaired) electrons. The van der Waals surface area contributed by atoms with Crippen molar-refractivity contribution < 1.29 is 32.3 Å². The van der Waals surface area contributed by atoms with Crippen LogP contribution in [-0.2, 0) is 6.18 Å². The van der Waals surface area contributed by atoms with Crippen molar-refractivity contribution in [1.29, 1.82) is 0 Å². The molecule has 3 heterocycles. The summed E-state index contributed by atoms with van der Waals surface area (Å²) in [5.74, 6) is -1.45. The average molecular weight is 456 g/mol. The topological polar surface area (TPSA) is 115 Å². The Morgan fingerprint density at radius 3 is 2.34 bits per heavy atom. The van der Waals surface area contributed by atoms with Crippen LogP contribution in [0.25, 0.3) is 0 Å². The zero-order valence-electron chi connectivity index (χ0n) is 17.5. The monoisotopic (exact) mass is 456 g/mol. The van der Waals surface area contributed by atoms with Gasteiger partial charge < -0.3 is 29.5 Å². The number of rotatable bonds is 6. The zero-order chi connectivity index (χ0) is 23.5. The standard InChI is InChI=1S/C19H23F3N6O4/c1-3-26(4-2)17-25-15(19(20,21)22)14(32-17)16(29)24-12-5-6-13(23-11-12)27-7-9-28(10-8-27)18(30)31/h5-6,11H,3-4,7-10H2,1-2H3,(H,24,29)(H,30,31). The van der Waals surface area contributed by atoms with Gasteiger partial charge >= 0.3 is 12.3 Å². The first kappa shape index (κ1) is 23.2. The van der Waals surface area contributed by atoms with Gasteiger partial charge in [-0.15, -0.1) is 0 Å². The Kier molecular flexibility index (Phi) is 6.75. The molecule has 2 N–H and O–H groups in total. The van der Waals surface area contributed by atoms with Gasteiger partial charge in [-0.05, 0) is 26.0 Å². The molecule has 0 atom stereocenters. The van der Waals surface area contributed by atoms with Gasteiger partial charge in [0.05, 0.1) is 11.9 Å². The summed E-state index contributed by atoms with van der Waals surface area (Å²) in [6.07, 6.45) is -4.53. The highest BCUT2D eigenvalue weighted by Crippen LogP contribution is 2.34. The molecule has 0 spiro atoms. The van der Waals surface area contributed by atoms with Crippen LogP contribution >= 0.6 is 0 Å². The average Bonchev–Trinajstić information content (AvgIpc) is 3.21. The van der Waals surface area contributed by atoms with Crippen molar-refractivity contribution in [2.75, 3.05) is 54.4 Å². The molecule has 0 bridgehead atoms. The number of carboxylic acid groups (broad SMARTS) is 1. The molecule has 0 saturated carbocycles. The highest BCUT2D eigenvalue weighted by atomic mass is 19.4. The SMILES string of the molecule is CCN(CC)c1nc(C(F)(F)F)c(C(=O)Nc2ccc(N3CCN(C(=O)O)CC3)nc2)o1. The molecule has 1 aliphatic rings. The number of piperazine rings is 1. The van der Waals surface area contributed by atoms with Gasteiger partial charge in [0, 0.05) is 39.3 Å². The van der Waals surface area contributed by atoms with E-state index >= 15 is 0 Å². The molecule has 1 saturated heterocycles. The maximum atomic E-state index is 13.4. The molecule has 174 valence electrons. The number of amides is 2. The van der Waals surface area contributed by atoms with Crippen molar-refractivity contribution in [3.05, 3.63) is 29.8 Å². The quantitative estimate of drug-likeness (QED) is 0.682. The first-order valence-corrected chi connectivity index (χ1v) is 9.97. The molecule has 2 aromatic heterocycles. The Morgan fingerprint density at radius 1 is 1.19 bits per heavy atom. The van der Waals surface area contributed by atoms with Crippen LogP contribution in [0.15, 0.2) is 22.7 Å². The minimum atomic E-state index is -4.86. The number of carbonyl (C=O) groups excluding carboxylic acids is 1. The third-order valence-corrected chi connectivity index (χ3v) is 5.00. The van der Waals surface area contributed by atoms with Crippen LogP contribution in [0.3, 0.4) is 0 Å². The van der Waals surface area contributed by atoms with Crippen molar-refractivity contribution in [3.8, 4) is 0 Å². The van der Waals surface area contributed by atoms with Gasteiger partial charge in [0.15, 0.2) is 5.69 Å². The van der Waals surface area contributed by atoms with Gasteiger partial charge in [0.2, 0.25) is 5.76 Å². The lowest BCUT2D eigenvalue weighted by atomic mass is 10.3. The summed E-state index contributed by atoms with van der Waals surface area (Å²) in [5.41, 5.74) is -1.21. The molecule has 2 aromatic rings. The second-order valence-corrected chi connectivity index (χ2v) is 6.96. The molecule has 3 rings (SSSR count). The van der Waals surface area contributed by atoms with Crippen molar-refractivity contribution in [3.63, 3.8) is 0 Å². The lowest BCUT2D eigenvalue weighted by Gasteiger charge is -2.33. The van der Waals surface area contributed by atoms with Crippen LogP contribution in [0.2, 0.25) is 0 Å². The fraction of sp³-hybridized carbons (Fsp3) is 0.474. The predicted octanol–water partition coefficient (Wildman–Crippen LogP) is 2.99. The number of halogens is 3. The number of pyridine rings is 1. The molecule has 2 amide bonds. The number of oxazole rings is 1. The van der Waals surface area contributed by atoms with Crippen LogP contribution in [-0.4, -0.2) is 71.2 Å². The van der Waals surface area contributed by atoms with E-state index in [9.17, 15) is 22.8 Å². The molecule has 1 fully saturated rings. The first-order valence-electron chi connectivity index (χ1n) is 9.97. The van der Waals surface area contributed by atoms with E-state index in [1.165, 1.54) is 22.1 Å². The Hall–Kier alpha value is -3.51. The number of alkyl halides is 3. The lowest BCUT2D eigenvalue weighted by Crippen LogP contribution is -2.48. The van der Waals surface area contributed by atoms with E-state index in [0.717, 1.165) is 0 Å². The number of nitrogens with one attached hydrogen (secondary N) is 1. The molecule has 1 aliphatic heterocycles. The van der Waals surface area contributed by atoms with E-state index in [1.54, 1.807) is 19.9 Å². The Balaban J connectivity index is 1.73. The maximum Gasteiger partial charge on any atom is 0.437 e. The van der Waals surface area contributed by atoms with Crippen LogP contribution < -0.4 is 15.1 Å². The van der Waals surface area contributed by atoms with Gasteiger partial charge in [-0.1, -0.05) is 0 Å². The van der Waals surface area contributed by atoms with E-state index in [0.29, 0.717) is 45.1 Å². The minimum Gasteiger partial charge on any atom is -0.465 e. The minimum absolute atomic E-state index is 0.178. The Morgan fingerprint density at radius 2 is 1.84 bits per heavy atom. The number of nitrogens with zero attached hydrogens (tertiary/aromatic N) is 5. The molecule has 0 unspecified atom stereocenters. The van der Waals surface area contributed by atoms with Crippen LogP contribution in [0.1, 0.15) is 30.1 Å². The van der Waals surface area contributed by atoms with Crippen molar-refractivity contribution in [1.82, 2.24) is 14.9 Å². The molecule has 10 nitrogen and oxygen atoms in total. The summed E-state index contributed by atoms with van der Waals surface area (Å²) in [7, 11) is 0. The lowest BCUT2D eigenvalue weighted by molar-refractivity contribution is -0.141. The highest BCUT2D eigenvalue weighted by Gasteiger charge is 2.41. The van der Waals surface area contributed by atoms with Crippen molar-refractivity contribution >= 4 is 29.5 Å². The number of hydrogen-bond donors (Lipinski definition) is 2. The van der Waals surface area contributed by atoms with Gasteiger partial charge in [-0.25, -0.2) is 9.78 Å². The number of aromatic nitrogens is 2. The molecular formula is C19H23F3N6O4. The molecule has 13 heteroatoms. The van der Waals surface area contributed by atoms with Gasteiger partial charge in [-0.2, -0.15) is 18.2 Å². The maximum absolute atomic E-state index is 13.4. The zero-order valence-corrected chi connectivity index (χ0v) is 17.5. The van der Waals surface area contributed by atoms with Crippen LogP contribution in [0, 0.1) is 0 Å². The van der Waals surface area contributed by atoms with Crippen molar-refractivity contribution in [2.45, 2.75) is 20.0 Å². The largest absolute Gasteiger partial charge is 0.465 e. The van der Waals surface area contributed by atoms with Crippen LogP contribution in [0.5, 0.6) is 0 Å². The van der Waals surface area contributed by atoms with E-state index in [4.69, 9.17) is 9.52 Å². The summed E-state index contributed by atoms with van der Waals surface area (Å²) in [6.45, 7) is 5.75. The van der Waals surface area contributed by atoms with Crippen LogP contribution in [0.4, 0.5) is 35.5 Å². The van der Waals surface area contributed by atoms with Gasteiger partial charge in [0.25, 0.3) is 11.9 Å². The molecule has 32 heavy (non-hydrogen) atoms. The van der Waals surface area contributed by atoms with Gasteiger partial charge in [-0.3, -0.25) is 4.79 Å². The third kappa shape index (κ3) is 5.03. The van der Waals surface area contributed by atoms with E-state index < -0.39 is 29.6 Å². The first-order chi connectivity index (χ1) is 15.1. The fourth-order valence-electron chi connectivity index (χ4n) is 3.25. The Bertz CT molecular complexity index is 951. The summed E-state index contributed by atoms with van der Waals surface area (Å²) in [4.78, 5) is 35.8. The molecule has 0 aliphatic carbocycles. The second kappa shape index (κ2) is 9.32. The fourth-order valence-corrected chi connectivity index (χ4v) is 3.25. The molecule has 0 aromatic carbocycles.